The van der Waals surface area contributed by atoms with Gasteiger partial charge in [0.05, 0.1) is 12.8 Å². The molecule has 0 saturated heterocycles. The van der Waals surface area contributed by atoms with Gasteiger partial charge >= 0.3 is 0 Å². The maximum Gasteiger partial charge on any atom is 0.127 e. The van der Waals surface area contributed by atoms with Crippen molar-refractivity contribution < 1.29 is 9.47 Å². The fourth-order valence-electron chi connectivity index (χ4n) is 3.42. The van der Waals surface area contributed by atoms with Gasteiger partial charge in [0.25, 0.3) is 0 Å². The van der Waals surface area contributed by atoms with Crippen LogP contribution in [0.25, 0.3) is 5.69 Å². The van der Waals surface area contributed by atoms with Crippen LogP contribution in [0.15, 0.2) is 89.9 Å². The molecule has 4 nitrogen and oxygen atoms in total. The zero-order valence-corrected chi connectivity index (χ0v) is 17.4. The van der Waals surface area contributed by atoms with Crippen molar-refractivity contribution in [3.05, 3.63) is 102 Å². The third-order valence-electron chi connectivity index (χ3n) is 4.97. The largest absolute Gasteiger partial charge is 0.497 e. The molecule has 1 heterocycles. The number of aromatic nitrogens is 1. The lowest BCUT2D eigenvalue weighted by atomic mass is 10.2. The van der Waals surface area contributed by atoms with Gasteiger partial charge in [-0.15, -0.1) is 0 Å². The lowest BCUT2D eigenvalue weighted by Crippen LogP contribution is -1.98. The topological polar surface area (TPSA) is 35.8 Å². The Labute approximate surface area is 177 Å². The number of aryl methyl sites for hydroxylation is 1. The third-order valence-corrected chi connectivity index (χ3v) is 4.97. The molecule has 0 radical (unpaired) electrons. The molecule has 30 heavy (non-hydrogen) atoms. The average molecular weight is 396 g/mol. The monoisotopic (exact) mass is 396 g/mol. The van der Waals surface area contributed by atoms with Gasteiger partial charge in [-0.25, -0.2) is 0 Å². The summed E-state index contributed by atoms with van der Waals surface area (Å²) in [6, 6.07) is 27.8. The van der Waals surface area contributed by atoms with Crippen LogP contribution in [0.4, 0.5) is 5.69 Å². The molecule has 0 N–H and O–H groups in total. The van der Waals surface area contributed by atoms with Crippen molar-refractivity contribution in [2.24, 2.45) is 4.99 Å². The first-order chi connectivity index (χ1) is 14.6. The van der Waals surface area contributed by atoms with Gasteiger partial charge in [0, 0.05) is 28.9 Å². The van der Waals surface area contributed by atoms with Gasteiger partial charge in [-0.2, -0.15) is 0 Å². The predicted molar refractivity (Wildman–Crippen MR) is 122 cm³/mol. The minimum atomic E-state index is 0.764. The minimum Gasteiger partial charge on any atom is -0.497 e. The van der Waals surface area contributed by atoms with Gasteiger partial charge in [0.1, 0.15) is 17.2 Å². The van der Waals surface area contributed by atoms with E-state index in [4.69, 9.17) is 9.47 Å². The molecule has 4 aromatic rings. The Morgan fingerprint density at radius 1 is 0.767 bits per heavy atom. The van der Waals surface area contributed by atoms with Crippen LogP contribution in [0.2, 0.25) is 0 Å². The molecule has 4 heteroatoms. The lowest BCUT2D eigenvalue weighted by Gasteiger charge is -2.09. The standard InChI is InChI=1S/C26H24N2O2/c1-19-17-21(20(2)28(19)23-7-5-4-6-8-23)18-27-22-9-11-25(12-10-22)30-26-15-13-24(29-3)14-16-26/h4-18H,1-3H3. The first kappa shape index (κ1) is 19.5. The van der Waals surface area contributed by atoms with Crippen LogP contribution in [0.5, 0.6) is 17.2 Å². The van der Waals surface area contributed by atoms with Gasteiger partial charge in [-0.1, -0.05) is 18.2 Å². The molecule has 4 rings (SSSR count). The highest BCUT2D eigenvalue weighted by molar-refractivity contribution is 5.84. The Hall–Kier alpha value is -3.79. The Morgan fingerprint density at radius 2 is 1.37 bits per heavy atom. The molecule has 0 unspecified atom stereocenters. The van der Waals surface area contributed by atoms with E-state index in [-0.39, 0.29) is 0 Å². The number of rotatable bonds is 6. The SMILES string of the molecule is COc1ccc(Oc2ccc(N=Cc3cc(C)n(-c4ccccc4)c3C)cc2)cc1. The number of methoxy groups -OCH3 is 1. The highest BCUT2D eigenvalue weighted by Crippen LogP contribution is 2.26. The Bertz CT molecular complexity index is 1140. The number of aliphatic imine (C=N–C) groups is 1. The molecule has 0 atom stereocenters. The van der Waals surface area contributed by atoms with Crippen LogP contribution >= 0.6 is 0 Å². The molecule has 0 amide bonds. The van der Waals surface area contributed by atoms with E-state index >= 15 is 0 Å². The maximum absolute atomic E-state index is 5.87. The van der Waals surface area contributed by atoms with Crippen molar-refractivity contribution in [2.45, 2.75) is 13.8 Å². The van der Waals surface area contributed by atoms with Crippen LogP contribution < -0.4 is 9.47 Å². The molecule has 0 bridgehead atoms. The third kappa shape index (κ3) is 4.28. The van der Waals surface area contributed by atoms with Gasteiger partial charge in [-0.05, 0) is 80.6 Å². The first-order valence-corrected chi connectivity index (χ1v) is 9.84. The van der Waals surface area contributed by atoms with Crippen LogP contribution in [0.3, 0.4) is 0 Å². The average Bonchev–Trinajstić information content (AvgIpc) is 3.07. The minimum absolute atomic E-state index is 0.764. The summed E-state index contributed by atoms with van der Waals surface area (Å²) >= 11 is 0. The van der Waals surface area contributed by atoms with Crippen molar-refractivity contribution >= 4 is 11.9 Å². The number of ether oxygens (including phenoxy) is 2. The highest BCUT2D eigenvalue weighted by atomic mass is 16.5. The van der Waals surface area contributed by atoms with Gasteiger partial charge < -0.3 is 14.0 Å². The summed E-state index contributed by atoms with van der Waals surface area (Å²) in [5.74, 6) is 2.33. The van der Waals surface area contributed by atoms with Crippen molar-refractivity contribution in [3.8, 4) is 22.9 Å². The summed E-state index contributed by atoms with van der Waals surface area (Å²) in [4.78, 5) is 4.65. The Morgan fingerprint density at radius 3 is 2.00 bits per heavy atom. The van der Waals surface area contributed by atoms with E-state index in [1.807, 2.05) is 60.8 Å². The quantitative estimate of drug-likeness (QED) is 0.342. The summed E-state index contributed by atoms with van der Waals surface area (Å²) in [6.45, 7) is 4.23. The van der Waals surface area contributed by atoms with Gasteiger partial charge in [-0.3, -0.25) is 4.99 Å². The van der Waals surface area contributed by atoms with Crippen molar-refractivity contribution in [2.75, 3.05) is 7.11 Å². The smallest absolute Gasteiger partial charge is 0.127 e. The van der Waals surface area contributed by atoms with E-state index in [2.05, 4.69) is 53.7 Å². The normalized spacial score (nSPS) is 11.0. The van der Waals surface area contributed by atoms with Crippen LogP contribution in [-0.4, -0.2) is 17.9 Å². The van der Waals surface area contributed by atoms with Gasteiger partial charge in [0.2, 0.25) is 0 Å². The zero-order valence-electron chi connectivity index (χ0n) is 17.4. The summed E-state index contributed by atoms with van der Waals surface area (Å²) < 4.78 is 13.3. The number of hydrogen-bond acceptors (Lipinski definition) is 3. The van der Waals surface area contributed by atoms with Crippen LogP contribution in [0, 0.1) is 13.8 Å². The molecular weight excluding hydrogens is 372 g/mol. The number of benzene rings is 3. The summed E-state index contributed by atoms with van der Waals surface area (Å²) in [6.07, 6.45) is 1.92. The second kappa shape index (κ2) is 8.70. The van der Waals surface area contributed by atoms with E-state index < -0.39 is 0 Å². The van der Waals surface area contributed by atoms with E-state index in [0.717, 1.165) is 34.2 Å². The molecule has 0 spiro atoms. The Balaban J connectivity index is 1.48. The second-order valence-electron chi connectivity index (χ2n) is 7.03. The molecule has 0 aliphatic rings. The van der Waals surface area contributed by atoms with E-state index in [1.54, 1.807) is 7.11 Å². The van der Waals surface area contributed by atoms with Crippen molar-refractivity contribution in [1.29, 1.82) is 0 Å². The fourth-order valence-corrected chi connectivity index (χ4v) is 3.42. The maximum atomic E-state index is 5.87. The predicted octanol–water partition coefficient (Wildman–Crippen LogP) is 6.65. The summed E-state index contributed by atoms with van der Waals surface area (Å²) in [5.41, 5.74) is 5.49. The fraction of sp³-hybridized carbons (Fsp3) is 0.115. The van der Waals surface area contributed by atoms with E-state index in [1.165, 1.54) is 11.4 Å². The van der Waals surface area contributed by atoms with E-state index in [9.17, 15) is 0 Å². The number of nitrogens with zero attached hydrogens (tertiary/aromatic N) is 2. The van der Waals surface area contributed by atoms with Crippen LogP contribution in [0.1, 0.15) is 17.0 Å². The molecule has 0 fully saturated rings. The number of hydrogen-bond donors (Lipinski definition) is 0. The second-order valence-corrected chi connectivity index (χ2v) is 7.03. The van der Waals surface area contributed by atoms with Crippen molar-refractivity contribution in [3.63, 3.8) is 0 Å². The van der Waals surface area contributed by atoms with Crippen molar-refractivity contribution in [1.82, 2.24) is 4.57 Å². The Kier molecular flexibility index (Phi) is 5.66. The molecule has 3 aromatic carbocycles. The highest BCUT2D eigenvalue weighted by Gasteiger charge is 2.09. The molecular formula is C26H24N2O2. The molecule has 150 valence electrons. The van der Waals surface area contributed by atoms with Crippen LogP contribution in [-0.2, 0) is 0 Å². The van der Waals surface area contributed by atoms with Gasteiger partial charge in [0.15, 0.2) is 0 Å². The summed E-state index contributed by atoms with van der Waals surface area (Å²) in [5, 5.41) is 0. The zero-order chi connectivity index (χ0) is 20.9. The molecule has 0 aliphatic carbocycles. The molecule has 0 saturated carbocycles. The molecule has 0 aliphatic heterocycles. The lowest BCUT2D eigenvalue weighted by molar-refractivity contribution is 0.413. The number of para-hydroxylation sites is 1. The first-order valence-electron chi connectivity index (χ1n) is 9.84. The molecule has 1 aromatic heterocycles. The van der Waals surface area contributed by atoms with E-state index in [0.29, 0.717) is 0 Å². The summed E-state index contributed by atoms with van der Waals surface area (Å²) in [7, 11) is 1.65.